The van der Waals surface area contributed by atoms with Gasteiger partial charge in [-0.1, -0.05) is 84.5 Å². The first-order valence-electron chi connectivity index (χ1n) is 14.9. The van der Waals surface area contributed by atoms with Crippen LogP contribution in [0.3, 0.4) is 0 Å². The van der Waals surface area contributed by atoms with Gasteiger partial charge in [-0.2, -0.15) is 0 Å². The Kier molecular flexibility index (Phi) is 14.2. The highest BCUT2D eigenvalue weighted by atomic mass is 15.2. The van der Waals surface area contributed by atoms with Crippen LogP contribution in [0, 0.1) is 12.3 Å². The number of amidine groups is 1. The van der Waals surface area contributed by atoms with Crippen molar-refractivity contribution in [3.8, 4) is 0 Å². The molecule has 0 unspecified atom stereocenters. The summed E-state index contributed by atoms with van der Waals surface area (Å²) in [7, 11) is 0. The molecule has 1 N–H and O–H groups in total. The predicted molar refractivity (Wildman–Crippen MR) is 174 cm³/mol. The summed E-state index contributed by atoms with van der Waals surface area (Å²) in [5, 5.41) is 3.64. The first-order valence-corrected chi connectivity index (χ1v) is 14.9. The Balaban J connectivity index is 0.00000112. The van der Waals surface area contributed by atoms with E-state index in [0.29, 0.717) is 12.0 Å². The number of likely N-dealkylation sites (tertiary alicyclic amines) is 1. The second-order valence-corrected chi connectivity index (χ2v) is 9.93. The minimum absolute atomic E-state index is 0.676. The van der Waals surface area contributed by atoms with E-state index in [4.69, 9.17) is 4.99 Å². The number of piperidine rings is 1. The van der Waals surface area contributed by atoms with Crippen LogP contribution in [0.5, 0.6) is 0 Å². The Labute approximate surface area is 235 Å². The number of aryl methyl sites for hydroxylation is 1. The molecule has 0 atom stereocenters. The quantitative estimate of drug-likeness (QED) is 0.305. The van der Waals surface area contributed by atoms with Gasteiger partial charge >= 0.3 is 0 Å². The van der Waals surface area contributed by atoms with Gasteiger partial charge in [-0.15, -0.1) is 0 Å². The van der Waals surface area contributed by atoms with Crippen LogP contribution in [-0.2, 0) is 6.54 Å². The van der Waals surface area contributed by atoms with E-state index in [1.165, 1.54) is 36.8 Å². The van der Waals surface area contributed by atoms with E-state index in [2.05, 4.69) is 87.5 Å². The Bertz CT molecular complexity index is 1060. The van der Waals surface area contributed by atoms with Gasteiger partial charge in [-0.3, -0.25) is 0 Å². The molecule has 210 valence electrons. The van der Waals surface area contributed by atoms with Crippen LogP contribution in [0.1, 0.15) is 110 Å². The molecule has 0 amide bonds. The lowest BCUT2D eigenvalue weighted by molar-refractivity contribution is 0.249. The van der Waals surface area contributed by atoms with Gasteiger partial charge in [-0.25, -0.2) is 4.99 Å². The number of hydrogen-bond acceptors (Lipinski definition) is 2. The van der Waals surface area contributed by atoms with Crippen LogP contribution >= 0.6 is 0 Å². The van der Waals surface area contributed by atoms with Crippen molar-refractivity contribution in [3.63, 3.8) is 0 Å². The fraction of sp³-hybridized carbons (Fsp3) is 0.514. The number of nitrogens with one attached hydrogen (secondary N) is 1. The molecule has 2 fully saturated rings. The van der Waals surface area contributed by atoms with Gasteiger partial charge in [0.1, 0.15) is 5.84 Å². The van der Waals surface area contributed by atoms with E-state index < -0.39 is 0 Å². The van der Waals surface area contributed by atoms with Gasteiger partial charge in [0.05, 0.1) is 5.69 Å². The second-order valence-electron chi connectivity index (χ2n) is 9.93. The highest BCUT2D eigenvalue weighted by Crippen LogP contribution is 2.53. The molecule has 3 heteroatoms. The van der Waals surface area contributed by atoms with Gasteiger partial charge < -0.3 is 10.2 Å². The first-order chi connectivity index (χ1) is 18.3. The molecular weight excluding hydrogens is 462 g/mol. The van der Waals surface area contributed by atoms with E-state index in [9.17, 15) is 0 Å². The number of rotatable bonds is 6. The molecule has 1 spiro atoms. The van der Waals surface area contributed by atoms with Crippen LogP contribution in [0.25, 0.3) is 11.1 Å². The third-order valence-electron chi connectivity index (χ3n) is 7.16. The van der Waals surface area contributed by atoms with Crippen molar-refractivity contribution < 1.29 is 0 Å². The number of anilines is 1. The average Bonchev–Trinajstić information content (AvgIpc) is 3.70. The van der Waals surface area contributed by atoms with Gasteiger partial charge in [-0.05, 0) is 93.2 Å². The zero-order valence-electron chi connectivity index (χ0n) is 26.2. The number of para-hydroxylation sites is 1. The largest absolute Gasteiger partial charge is 0.380 e. The van der Waals surface area contributed by atoms with Crippen LogP contribution in [0.15, 0.2) is 54.5 Å². The smallest absolute Gasteiger partial charge is 0.102 e. The molecule has 2 aromatic carbocycles. The van der Waals surface area contributed by atoms with Crippen LogP contribution in [0.4, 0.5) is 11.4 Å². The number of benzene rings is 2. The minimum atomic E-state index is 0.676. The summed E-state index contributed by atoms with van der Waals surface area (Å²) >= 11 is 0. The molecule has 0 aromatic heterocycles. The molecular formula is C35H55N3. The van der Waals surface area contributed by atoms with E-state index >= 15 is 0 Å². The van der Waals surface area contributed by atoms with Gasteiger partial charge in [0.15, 0.2) is 0 Å². The number of allylic oxidation sites excluding steroid dienone is 2. The number of aliphatic imine (C=N–C) groups is 1. The highest BCUT2D eigenvalue weighted by molar-refractivity contribution is 5.86. The molecule has 1 aliphatic heterocycles. The van der Waals surface area contributed by atoms with E-state index in [0.717, 1.165) is 52.6 Å². The molecule has 3 nitrogen and oxygen atoms in total. The third-order valence-corrected chi connectivity index (χ3v) is 7.16. The van der Waals surface area contributed by atoms with E-state index in [-0.39, 0.29) is 0 Å². The second kappa shape index (κ2) is 16.2. The van der Waals surface area contributed by atoms with Gasteiger partial charge in [0.25, 0.3) is 0 Å². The maximum atomic E-state index is 5.21. The molecule has 4 rings (SSSR count). The molecule has 0 radical (unpaired) electrons. The topological polar surface area (TPSA) is 27.6 Å². The molecule has 1 saturated carbocycles. The monoisotopic (exact) mass is 517 g/mol. The lowest BCUT2D eigenvalue weighted by Gasteiger charge is -2.33. The van der Waals surface area contributed by atoms with Gasteiger partial charge in [0.2, 0.25) is 0 Å². The molecule has 0 bridgehead atoms. The normalized spacial score (nSPS) is 15.1. The molecule has 1 aliphatic carbocycles. The van der Waals surface area contributed by atoms with Crippen LogP contribution in [-0.4, -0.2) is 23.8 Å². The molecule has 1 saturated heterocycles. The van der Waals surface area contributed by atoms with E-state index in [1.807, 2.05) is 41.5 Å². The van der Waals surface area contributed by atoms with Crippen molar-refractivity contribution >= 4 is 28.4 Å². The van der Waals surface area contributed by atoms with Crippen molar-refractivity contribution in [2.75, 3.05) is 18.4 Å². The molecule has 2 aliphatic rings. The predicted octanol–water partition coefficient (Wildman–Crippen LogP) is 10.7. The maximum absolute atomic E-state index is 5.21. The molecule has 2 aromatic rings. The fourth-order valence-corrected chi connectivity index (χ4v) is 4.86. The number of nitrogens with zero attached hydrogens (tertiary/aromatic N) is 2. The Morgan fingerprint density at radius 1 is 0.842 bits per heavy atom. The Morgan fingerprint density at radius 3 is 1.92 bits per heavy atom. The van der Waals surface area contributed by atoms with E-state index in [1.54, 1.807) is 0 Å². The summed E-state index contributed by atoms with van der Waals surface area (Å²) in [4.78, 5) is 7.68. The highest BCUT2D eigenvalue weighted by Gasteiger charge is 2.44. The summed E-state index contributed by atoms with van der Waals surface area (Å²) in [6, 6.07) is 12.8. The first kappa shape index (κ1) is 33.2. The summed E-state index contributed by atoms with van der Waals surface area (Å²) in [6.07, 6.45) is 5.48. The minimum Gasteiger partial charge on any atom is -0.380 e. The average molecular weight is 518 g/mol. The Morgan fingerprint density at radius 2 is 1.39 bits per heavy atom. The van der Waals surface area contributed by atoms with Crippen molar-refractivity contribution in [2.24, 2.45) is 10.4 Å². The maximum Gasteiger partial charge on any atom is 0.102 e. The van der Waals surface area contributed by atoms with Crippen molar-refractivity contribution in [3.05, 3.63) is 71.8 Å². The lowest BCUT2D eigenvalue weighted by Crippen LogP contribution is -2.37. The zero-order chi connectivity index (χ0) is 28.9. The summed E-state index contributed by atoms with van der Waals surface area (Å²) in [6.45, 7) is 31.8. The Hall–Kier alpha value is -2.81. The third kappa shape index (κ3) is 8.89. The zero-order valence-corrected chi connectivity index (χ0v) is 26.2. The lowest BCUT2D eigenvalue weighted by atomic mass is 9.94. The molecule has 38 heavy (non-hydrogen) atoms. The summed E-state index contributed by atoms with van der Waals surface area (Å²) in [5.74, 6) is 1.12. The molecule has 1 heterocycles. The summed E-state index contributed by atoms with van der Waals surface area (Å²) in [5.41, 5.74) is 9.69. The summed E-state index contributed by atoms with van der Waals surface area (Å²) < 4.78 is 0. The fourth-order valence-electron chi connectivity index (χ4n) is 4.86. The standard InChI is InChI=1S/C29H37N3.3C2H6/c1-20(2)25-9-7-8-10-27(25)30-19-24-17-22(5)18-26(21(3)4)28(24)31-23(6)32-15-13-29(11-12-29)14-16-32;3*1-2/h7-10,17-18,30H,1,3,11-16,19H2,2,4-6H3;3*1-2H3. The van der Waals surface area contributed by atoms with Crippen LogP contribution in [0.2, 0.25) is 0 Å². The van der Waals surface area contributed by atoms with Crippen LogP contribution < -0.4 is 5.32 Å². The van der Waals surface area contributed by atoms with Crippen molar-refractivity contribution in [2.45, 2.75) is 101 Å². The van der Waals surface area contributed by atoms with Crippen molar-refractivity contribution in [1.82, 2.24) is 4.90 Å². The van der Waals surface area contributed by atoms with Crippen molar-refractivity contribution in [1.29, 1.82) is 0 Å². The number of hydrogen-bond donors (Lipinski definition) is 1. The SMILES string of the molecule is C=C(C)c1ccccc1NCc1cc(C)cc(C(=C)C)c1N=C(C)N1CCC2(CC1)CC2.CC.CC.CC. The van der Waals surface area contributed by atoms with Gasteiger partial charge in [0, 0.05) is 30.9 Å².